The number of rotatable bonds is 7. The molecule has 0 aliphatic heterocycles. The fraction of sp³-hybridized carbons (Fsp3) is 0.933. The molecular weight excluding hydrogens is 210 g/mol. The summed E-state index contributed by atoms with van der Waals surface area (Å²) >= 11 is 0. The average Bonchev–Trinajstić information content (AvgIpc) is 2.56. The van der Waals surface area contributed by atoms with Crippen molar-refractivity contribution in [3.8, 4) is 0 Å². The zero-order valence-corrected chi connectivity index (χ0v) is 11.7. The molecule has 0 aromatic heterocycles. The zero-order valence-electron chi connectivity index (χ0n) is 11.7. The van der Waals surface area contributed by atoms with E-state index < -0.39 is 0 Å². The van der Waals surface area contributed by atoms with E-state index in [0.717, 1.165) is 25.9 Å². The number of unbranched alkanes of at least 4 members (excludes halogenated alkanes) is 2. The van der Waals surface area contributed by atoms with Crippen LogP contribution in [0.25, 0.3) is 0 Å². The van der Waals surface area contributed by atoms with E-state index in [-0.39, 0.29) is 5.41 Å². The maximum atomic E-state index is 11.5. The Morgan fingerprint density at radius 1 is 1.12 bits per heavy atom. The zero-order chi connectivity index (χ0) is 12.6. The van der Waals surface area contributed by atoms with Crippen LogP contribution in [0.4, 0.5) is 0 Å². The normalized spacial score (nSPS) is 20.2. The van der Waals surface area contributed by atoms with Gasteiger partial charge in [0.15, 0.2) is 0 Å². The van der Waals surface area contributed by atoms with Gasteiger partial charge in [0, 0.05) is 12.0 Å². The lowest BCUT2D eigenvalue weighted by molar-refractivity contribution is -0.117. The maximum Gasteiger partial charge on any atom is 0.127 e. The van der Waals surface area contributed by atoms with E-state index in [1.165, 1.54) is 51.2 Å². The Balaban J connectivity index is 2.40. The molecule has 0 radical (unpaired) electrons. The summed E-state index contributed by atoms with van der Waals surface area (Å²) < 4.78 is 0. The van der Waals surface area contributed by atoms with E-state index >= 15 is 0 Å². The first-order chi connectivity index (χ1) is 8.22. The van der Waals surface area contributed by atoms with E-state index in [2.05, 4.69) is 18.9 Å². The number of carbonyl (C=O) groups excluding carboxylic acids is 1. The van der Waals surface area contributed by atoms with Crippen molar-refractivity contribution in [2.45, 2.75) is 64.7 Å². The number of hydrogen-bond acceptors (Lipinski definition) is 2. The smallest absolute Gasteiger partial charge is 0.127 e. The molecule has 0 spiro atoms. The second-order valence-corrected chi connectivity index (χ2v) is 5.84. The van der Waals surface area contributed by atoms with E-state index in [1.807, 2.05) is 0 Å². The molecule has 0 amide bonds. The van der Waals surface area contributed by atoms with Crippen LogP contribution in [0.5, 0.6) is 0 Å². The van der Waals surface area contributed by atoms with E-state index in [4.69, 9.17) is 0 Å². The lowest BCUT2D eigenvalue weighted by Crippen LogP contribution is -2.37. The van der Waals surface area contributed by atoms with Crippen LogP contribution in [0.2, 0.25) is 0 Å². The van der Waals surface area contributed by atoms with Crippen molar-refractivity contribution in [1.29, 1.82) is 0 Å². The molecule has 2 nitrogen and oxygen atoms in total. The van der Waals surface area contributed by atoms with Gasteiger partial charge >= 0.3 is 0 Å². The topological polar surface area (TPSA) is 20.3 Å². The van der Waals surface area contributed by atoms with Crippen molar-refractivity contribution >= 4 is 6.29 Å². The third-order valence-electron chi connectivity index (χ3n) is 4.08. The molecule has 0 unspecified atom stereocenters. The maximum absolute atomic E-state index is 11.5. The summed E-state index contributed by atoms with van der Waals surface area (Å²) in [4.78, 5) is 13.8. The number of aldehydes is 1. The predicted molar refractivity (Wildman–Crippen MR) is 73.2 cm³/mol. The van der Waals surface area contributed by atoms with Crippen LogP contribution in [-0.2, 0) is 4.79 Å². The van der Waals surface area contributed by atoms with Gasteiger partial charge < -0.3 is 9.69 Å². The standard InChI is InChI=1S/C15H29NO/c1-3-4-9-12-16(2)13-15(14-17)10-7-5-6-8-11-15/h14H,3-13H2,1-2H3. The Morgan fingerprint density at radius 2 is 1.76 bits per heavy atom. The van der Waals surface area contributed by atoms with Gasteiger partial charge in [-0.1, -0.05) is 45.4 Å². The highest BCUT2D eigenvalue weighted by Gasteiger charge is 2.31. The fourth-order valence-electron chi connectivity index (χ4n) is 2.99. The van der Waals surface area contributed by atoms with E-state index in [9.17, 15) is 4.79 Å². The molecule has 0 aromatic rings. The third-order valence-corrected chi connectivity index (χ3v) is 4.08. The molecule has 1 rings (SSSR count). The summed E-state index contributed by atoms with van der Waals surface area (Å²) in [6.07, 6.45) is 12.4. The van der Waals surface area contributed by atoms with Crippen LogP contribution in [0, 0.1) is 5.41 Å². The molecule has 0 aromatic carbocycles. The van der Waals surface area contributed by atoms with Crippen LogP contribution in [0.1, 0.15) is 64.7 Å². The summed E-state index contributed by atoms with van der Waals surface area (Å²) in [5.41, 5.74) is -0.0303. The average molecular weight is 239 g/mol. The van der Waals surface area contributed by atoms with Crippen LogP contribution >= 0.6 is 0 Å². The van der Waals surface area contributed by atoms with Gasteiger partial charge in [0.05, 0.1) is 0 Å². The van der Waals surface area contributed by atoms with Gasteiger partial charge in [0.1, 0.15) is 6.29 Å². The van der Waals surface area contributed by atoms with Crippen molar-refractivity contribution in [3.63, 3.8) is 0 Å². The molecule has 2 heteroatoms. The lowest BCUT2D eigenvalue weighted by atomic mass is 9.81. The Hall–Kier alpha value is -0.370. The highest BCUT2D eigenvalue weighted by Crippen LogP contribution is 2.33. The van der Waals surface area contributed by atoms with Crippen LogP contribution in [-0.4, -0.2) is 31.3 Å². The van der Waals surface area contributed by atoms with Crippen molar-refractivity contribution < 1.29 is 4.79 Å². The quantitative estimate of drug-likeness (QED) is 0.384. The minimum Gasteiger partial charge on any atom is -0.305 e. The summed E-state index contributed by atoms with van der Waals surface area (Å²) in [5.74, 6) is 0. The Kier molecular flexibility index (Phi) is 6.79. The Bertz CT molecular complexity index is 207. The van der Waals surface area contributed by atoms with Crippen LogP contribution < -0.4 is 0 Å². The number of nitrogens with zero attached hydrogens (tertiary/aromatic N) is 1. The Morgan fingerprint density at radius 3 is 2.29 bits per heavy atom. The molecule has 100 valence electrons. The SMILES string of the molecule is CCCCCN(C)CC1(C=O)CCCCCC1. The molecular formula is C15H29NO. The second kappa shape index (κ2) is 7.86. The molecule has 0 heterocycles. The van der Waals surface area contributed by atoms with Crippen molar-refractivity contribution in [1.82, 2.24) is 4.90 Å². The largest absolute Gasteiger partial charge is 0.305 e. The summed E-state index contributed by atoms with van der Waals surface area (Å²) in [7, 11) is 2.17. The first-order valence-corrected chi connectivity index (χ1v) is 7.37. The van der Waals surface area contributed by atoms with E-state index in [0.29, 0.717) is 0 Å². The summed E-state index contributed by atoms with van der Waals surface area (Å²) in [6, 6.07) is 0. The molecule has 0 N–H and O–H groups in total. The van der Waals surface area contributed by atoms with Crippen LogP contribution in [0.3, 0.4) is 0 Å². The number of hydrogen-bond donors (Lipinski definition) is 0. The van der Waals surface area contributed by atoms with Gasteiger partial charge in [-0.15, -0.1) is 0 Å². The molecule has 0 atom stereocenters. The molecule has 17 heavy (non-hydrogen) atoms. The number of carbonyl (C=O) groups is 1. The monoisotopic (exact) mass is 239 g/mol. The molecule has 0 bridgehead atoms. The van der Waals surface area contributed by atoms with Gasteiger partial charge in [-0.25, -0.2) is 0 Å². The van der Waals surface area contributed by atoms with Crippen molar-refractivity contribution in [2.75, 3.05) is 20.1 Å². The van der Waals surface area contributed by atoms with Gasteiger partial charge in [-0.05, 0) is 32.9 Å². The second-order valence-electron chi connectivity index (χ2n) is 5.84. The minimum atomic E-state index is -0.0303. The van der Waals surface area contributed by atoms with Gasteiger partial charge in [0.25, 0.3) is 0 Å². The lowest BCUT2D eigenvalue weighted by Gasteiger charge is -2.31. The third kappa shape index (κ3) is 5.20. The first kappa shape index (κ1) is 14.7. The summed E-state index contributed by atoms with van der Waals surface area (Å²) in [5, 5.41) is 0. The molecule has 1 aliphatic rings. The molecule has 1 fully saturated rings. The van der Waals surface area contributed by atoms with Crippen molar-refractivity contribution in [2.24, 2.45) is 5.41 Å². The minimum absolute atomic E-state index is 0.0303. The Labute approximate surface area is 107 Å². The molecule has 1 saturated carbocycles. The molecule has 1 aliphatic carbocycles. The van der Waals surface area contributed by atoms with Crippen LogP contribution in [0.15, 0.2) is 0 Å². The van der Waals surface area contributed by atoms with Crippen molar-refractivity contribution in [3.05, 3.63) is 0 Å². The highest BCUT2D eigenvalue weighted by molar-refractivity contribution is 5.59. The molecule has 0 saturated heterocycles. The predicted octanol–water partition coefficient (Wildman–Crippen LogP) is 3.65. The van der Waals surface area contributed by atoms with E-state index in [1.54, 1.807) is 0 Å². The fourth-order valence-corrected chi connectivity index (χ4v) is 2.99. The van der Waals surface area contributed by atoms with Gasteiger partial charge in [-0.3, -0.25) is 0 Å². The van der Waals surface area contributed by atoms with Gasteiger partial charge in [-0.2, -0.15) is 0 Å². The highest BCUT2D eigenvalue weighted by atomic mass is 16.1. The first-order valence-electron chi connectivity index (χ1n) is 7.37. The van der Waals surface area contributed by atoms with Gasteiger partial charge in [0.2, 0.25) is 0 Å². The summed E-state index contributed by atoms with van der Waals surface area (Å²) in [6.45, 7) is 4.35.